The van der Waals surface area contributed by atoms with Crippen LogP contribution in [0.25, 0.3) is 0 Å². The van der Waals surface area contributed by atoms with Gasteiger partial charge in [0.05, 0.1) is 22.2 Å². The Labute approximate surface area is 172 Å². The quantitative estimate of drug-likeness (QED) is 0.636. The Morgan fingerprint density at radius 2 is 2.07 bits per heavy atom. The third-order valence-electron chi connectivity index (χ3n) is 4.36. The van der Waals surface area contributed by atoms with Gasteiger partial charge in [0.2, 0.25) is 0 Å². The highest BCUT2D eigenvalue weighted by Crippen LogP contribution is 2.39. The number of anilines is 2. The molecule has 5 nitrogen and oxygen atoms in total. The summed E-state index contributed by atoms with van der Waals surface area (Å²) in [4.78, 5) is 20.0. The summed E-state index contributed by atoms with van der Waals surface area (Å²) in [7, 11) is 0. The monoisotopic (exact) mass is 411 g/mol. The first-order valence-corrected chi connectivity index (χ1v) is 11.0. The zero-order chi connectivity index (χ0) is 19.3. The van der Waals surface area contributed by atoms with E-state index in [1.807, 2.05) is 55.6 Å². The van der Waals surface area contributed by atoms with E-state index in [4.69, 9.17) is 4.74 Å². The highest BCUT2D eigenvalue weighted by atomic mass is 32.2. The van der Waals surface area contributed by atoms with E-state index in [0.29, 0.717) is 18.0 Å². The number of nitrogens with one attached hydrogen (secondary N) is 1. The van der Waals surface area contributed by atoms with E-state index in [1.54, 1.807) is 11.8 Å². The van der Waals surface area contributed by atoms with E-state index in [0.717, 1.165) is 39.3 Å². The number of hydrogen-bond acceptors (Lipinski definition) is 6. The molecule has 7 heteroatoms. The van der Waals surface area contributed by atoms with Gasteiger partial charge in [-0.25, -0.2) is 4.98 Å². The van der Waals surface area contributed by atoms with Gasteiger partial charge in [-0.15, -0.1) is 23.1 Å². The number of pyridine rings is 1. The zero-order valence-corrected chi connectivity index (χ0v) is 17.2. The van der Waals surface area contributed by atoms with Gasteiger partial charge in [-0.1, -0.05) is 12.1 Å². The van der Waals surface area contributed by atoms with Gasteiger partial charge in [-0.3, -0.25) is 4.79 Å². The number of carbonyl (C=O) groups excluding carboxylic acids is 1. The number of amides is 1. The van der Waals surface area contributed by atoms with Crippen molar-refractivity contribution in [3.05, 3.63) is 65.2 Å². The molecule has 144 valence electrons. The molecule has 0 aliphatic carbocycles. The summed E-state index contributed by atoms with van der Waals surface area (Å²) < 4.78 is 5.44. The topological polar surface area (TPSA) is 54.5 Å². The summed E-state index contributed by atoms with van der Waals surface area (Å²) in [6.45, 7) is 4.01. The molecule has 1 N–H and O–H groups in total. The van der Waals surface area contributed by atoms with Crippen molar-refractivity contribution >= 4 is 39.7 Å². The van der Waals surface area contributed by atoms with Crippen LogP contribution in [0.3, 0.4) is 0 Å². The Kier molecular flexibility index (Phi) is 5.83. The minimum Gasteiger partial charge on any atom is -0.494 e. The molecule has 3 heterocycles. The van der Waals surface area contributed by atoms with E-state index in [1.165, 1.54) is 11.3 Å². The van der Waals surface area contributed by atoms with Crippen molar-refractivity contribution < 1.29 is 9.53 Å². The number of thioether (sulfide) groups is 1. The Bertz CT molecular complexity index is 956. The summed E-state index contributed by atoms with van der Waals surface area (Å²) in [5, 5.41) is 5.11. The molecular weight excluding hydrogens is 390 g/mol. The van der Waals surface area contributed by atoms with Crippen molar-refractivity contribution in [1.82, 2.24) is 10.3 Å². The van der Waals surface area contributed by atoms with Crippen LogP contribution in [0.1, 0.15) is 22.2 Å². The molecule has 4 rings (SSSR count). The predicted octanol–water partition coefficient (Wildman–Crippen LogP) is 4.72. The Balaban J connectivity index is 1.41. The third kappa shape index (κ3) is 4.15. The van der Waals surface area contributed by atoms with Crippen LogP contribution < -0.4 is 15.0 Å². The molecule has 2 aromatic heterocycles. The largest absolute Gasteiger partial charge is 0.494 e. The van der Waals surface area contributed by atoms with Crippen LogP contribution in [0.15, 0.2) is 59.8 Å². The fourth-order valence-electron chi connectivity index (χ4n) is 3.02. The second-order valence-corrected chi connectivity index (χ2v) is 8.37. The van der Waals surface area contributed by atoms with Crippen LogP contribution in [0, 0.1) is 0 Å². The smallest absolute Gasteiger partial charge is 0.261 e. The van der Waals surface area contributed by atoms with Crippen LogP contribution in [0.5, 0.6) is 5.75 Å². The normalized spacial score (nSPS) is 13.1. The van der Waals surface area contributed by atoms with E-state index < -0.39 is 0 Å². The molecule has 1 aliphatic rings. The SMILES string of the molecule is CCOc1ccc(CNC(=O)c2ccc(N3CCSc4ncccc43)s2)cc1. The summed E-state index contributed by atoms with van der Waals surface area (Å²) in [5.41, 5.74) is 2.16. The number of nitrogens with zero attached hydrogens (tertiary/aromatic N) is 2. The standard InChI is InChI=1S/C21H21N3O2S2/c1-2-26-16-7-5-15(6-8-16)14-23-20(25)18-9-10-19(28-18)24-12-13-27-21-17(24)4-3-11-22-21/h3-11H,2,12-14H2,1H3,(H,23,25). The van der Waals surface area contributed by atoms with Crippen molar-refractivity contribution in [1.29, 1.82) is 0 Å². The van der Waals surface area contributed by atoms with Gasteiger partial charge in [0.1, 0.15) is 10.8 Å². The molecule has 0 atom stereocenters. The lowest BCUT2D eigenvalue weighted by Crippen LogP contribution is -2.23. The van der Waals surface area contributed by atoms with Crippen molar-refractivity contribution in [3.8, 4) is 5.75 Å². The van der Waals surface area contributed by atoms with E-state index >= 15 is 0 Å². The van der Waals surface area contributed by atoms with E-state index in [9.17, 15) is 4.79 Å². The Morgan fingerprint density at radius 1 is 1.21 bits per heavy atom. The number of carbonyl (C=O) groups is 1. The number of thiophene rings is 1. The maximum atomic E-state index is 12.6. The summed E-state index contributed by atoms with van der Waals surface area (Å²) in [5.74, 6) is 1.78. The number of rotatable bonds is 6. The number of benzene rings is 1. The lowest BCUT2D eigenvalue weighted by molar-refractivity contribution is 0.0955. The Morgan fingerprint density at radius 3 is 2.89 bits per heavy atom. The molecule has 28 heavy (non-hydrogen) atoms. The number of fused-ring (bicyclic) bond motifs is 1. The molecule has 1 aliphatic heterocycles. The molecule has 0 saturated carbocycles. The van der Waals surface area contributed by atoms with Crippen molar-refractivity contribution in [2.45, 2.75) is 18.5 Å². The molecular formula is C21H21N3O2S2. The summed E-state index contributed by atoms with van der Waals surface area (Å²) in [6, 6.07) is 15.7. The Hall–Kier alpha value is -2.51. The maximum absolute atomic E-state index is 12.6. The van der Waals surface area contributed by atoms with Crippen LogP contribution in [0.2, 0.25) is 0 Å². The molecule has 1 amide bonds. The van der Waals surface area contributed by atoms with Crippen molar-refractivity contribution in [3.63, 3.8) is 0 Å². The molecule has 3 aromatic rings. The minimum absolute atomic E-state index is 0.0528. The first-order chi connectivity index (χ1) is 13.7. The number of ether oxygens (including phenoxy) is 1. The zero-order valence-electron chi connectivity index (χ0n) is 15.6. The molecule has 0 saturated heterocycles. The van der Waals surface area contributed by atoms with Crippen molar-refractivity contribution in [2.24, 2.45) is 0 Å². The molecule has 1 aromatic carbocycles. The molecule has 0 unspecified atom stereocenters. The number of hydrogen-bond donors (Lipinski definition) is 1. The van der Waals surface area contributed by atoms with Gasteiger partial charge in [-0.2, -0.15) is 0 Å². The van der Waals surface area contributed by atoms with Gasteiger partial charge in [-0.05, 0) is 48.9 Å². The molecule has 0 fully saturated rings. The maximum Gasteiger partial charge on any atom is 0.261 e. The van der Waals surface area contributed by atoms with E-state index in [-0.39, 0.29) is 5.91 Å². The predicted molar refractivity (Wildman–Crippen MR) is 115 cm³/mol. The van der Waals surface area contributed by atoms with Crippen LogP contribution in [-0.4, -0.2) is 29.8 Å². The van der Waals surface area contributed by atoms with Gasteiger partial charge in [0, 0.05) is 25.0 Å². The van der Waals surface area contributed by atoms with Crippen LogP contribution in [-0.2, 0) is 6.54 Å². The second-order valence-electron chi connectivity index (χ2n) is 6.23. The summed E-state index contributed by atoms with van der Waals surface area (Å²) in [6.07, 6.45) is 1.82. The average Bonchev–Trinajstić information content (AvgIpc) is 3.23. The van der Waals surface area contributed by atoms with Gasteiger partial charge >= 0.3 is 0 Å². The highest BCUT2D eigenvalue weighted by molar-refractivity contribution is 7.99. The average molecular weight is 412 g/mol. The van der Waals surface area contributed by atoms with Crippen LogP contribution >= 0.6 is 23.1 Å². The lowest BCUT2D eigenvalue weighted by Gasteiger charge is -2.28. The van der Waals surface area contributed by atoms with Crippen LogP contribution in [0.4, 0.5) is 10.7 Å². The van der Waals surface area contributed by atoms with Gasteiger partial charge in [0.25, 0.3) is 5.91 Å². The molecule has 0 radical (unpaired) electrons. The van der Waals surface area contributed by atoms with Crippen molar-refractivity contribution in [2.75, 3.05) is 23.8 Å². The van der Waals surface area contributed by atoms with Gasteiger partial charge < -0.3 is 15.0 Å². The molecule has 0 bridgehead atoms. The van der Waals surface area contributed by atoms with Gasteiger partial charge in [0.15, 0.2) is 0 Å². The fourth-order valence-corrected chi connectivity index (χ4v) is 4.91. The molecule has 0 spiro atoms. The summed E-state index contributed by atoms with van der Waals surface area (Å²) >= 11 is 3.29. The third-order valence-corrected chi connectivity index (χ3v) is 6.45. The number of aromatic nitrogens is 1. The first-order valence-electron chi connectivity index (χ1n) is 9.19. The second kappa shape index (κ2) is 8.67. The lowest BCUT2D eigenvalue weighted by atomic mass is 10.2. The fraction of sp³-hybridized carbons (Fsp3) is 0.238. The minimum atomic E-state index is -0.0528. The highest BCUT2D eigenvalue weighted by Gasteiger charge is 2.21. The first kappa shape index (κ1) is 18.8. The van der Waals surface area contributed by atoms with E-state index in [2.05, 4.69) is 21.3 Å².